The molecule has 0 spiro atoms. The van der Waals surface area contributed by atoms with E-state index in [1.54, 1.807) is 5.38 Å². The van der Waals surface area contributed by atoms with Crippen molar-refractivity contribution in [3.8, 4) is 0 Å². The molecule has 0 saturated carbocycles. The van der Waals surface area contributed by atoms with Gasteiger partial charge in [0.15, 0.2) is 5.13 Å². The zero-order chi connectivity index (χ0) is 15.3. The average molecular weight is 321 g/mol. The van der Waals surface area contributed by atoms with E-state index in [4.69, 9.17) is 0 Å². The molecule has 0 aromatic carbocycles. The number of hydrogen-bond acceptors (Lipinski definition) is 6. The first kappa shape index (κ1) is 16.9. The second-order valence-corrected chi connectivity index (χ2v) is 7.42. The highest BCUT2D eigenvalue weighted by molar-refractivity contribution is 7.92. The summed E-state index contributed by atoms with van der Waals surface area (Å²) in [5.74, 6) is -0.193. The number of aliphatic hydroxyl groups excluding tert-OH is 1. The molecule has 0 aliphatic carbocycles. The Kier molecular flexibility index (Phi) is 5.90. The molecule has 0 aliphatic rings. The third-order valence-corrected chi connectivity index (χ3v) is 3.94. The molecule has 1 atom stereocenters. The lowest BCUT2D eigenvalue weighted by Gasteiger charge is -2.14. The van der Waals surface area contributed by atoms with Crippen LogP contribution in [0.15, 0.2) is 5.38 Å². The number of aliphatic hydroxyl groups is 1. The minimum absolute atomic E-state index is 0.0484. The number of carbonyl (C=O) groups excluding carboxylic acids is 1. The van der Waals surface area contributed by atoms with Gasteiger partial charge in [-0.05, 0) is 5.92 Å². The van der Waals surface area contributed by atoms with Crippen molar-refractivity contribution in [2.75, 3.05) is 17.5 Å². The van der Waals surface area contributed by atoms with Gasteiger partial charge in [-0.2, -0.15) is 0 Å². The van der Waals surface area contributed by atoms with E-state index in [1.807, 2.05) is 13.8 Å². The lowest BCUT2D eigenvalue weighted by Crippen LogP contribution is -2.35. The molecule has 0 fully saturated rings. The average Bonchev–Trinajstić information content (AvgIpc) is 2.70. The van der Waals surface area contributed by atoms with Gasteiger partial charge in [0.2, 0.25) is 15.9 Å². The first-order valence-electron chi connectivity index (χ1n) is 6.04. The van der Waals surface area contributed by atoms with Crippen molar-refractivity contribution in [2.45, 2.75) is 26.4 Å². The number of thiazole rings is 1. The van der Waals surface area contributed by atoms with Crippen LogP contribution in [-0.2, 0) is 21.2 Å². The quantitative estimate of drug-likeness (QED) is 0.664. The number of rotatable bonds is 7. The van der Waals surface area contributed by atoms with Gasteiger partial charge in [-0.25, -0.2) is 13.4 Å². The van der Waals surface area contributed by atoms with Crippen LogP contribution in [0.4, 0.5) is 5.13 Å². The summed E-state index contributed by atoms with van der Waals surface area (Å²) in [6.07, 6.45) is 0.498. The van der Waals surface area contributed by atoms with Crippen LogP contribution < -0.4 is 10.0 Å². The monoisotopic (exact) mass is 321 g/mol. The van der Waals surface area contributed by atoms with Crippen LogP contribution in [0.5, 0.6) is 0 Å². The smallest absolute Gasteiger partial charge is 0.231 e. The molecular formula is C11H19N3O4S2. The Balaban J connectivity index is 2.47. The first-order valence-corrected chi connectivity index (χ1v) is 8.81. The Hall–Kier alpha value is -1.19. The second-order valence-electron chi connectivity index (χ2n) is 4.81. The number of sulfonamides is 1. The molecule has 3 N–H and O–H groups in total. The van der Waals surface area contributed by atoms with E-state index in [9.17, 15) is 18.3 Å². The lowest BCUT2D eigenvalue weighted by molar-refractivity contribution is -0.121. The SMILES string of the molecule is CC(C)C(O)CNC(=O)Cc1csc(NS(C)(=O)=O)n1. The zero-order valence-electron chi connectivity index (χ0n) is 11.6. The van der Waals surface area contributed by atoms with Crippen LogP contribution >= 0.6 is 11.3 Å². The van der Waals surface area contributed by atoms with E-state index in [1.165, 1.54) is 0 Å². The molecule has 0 radical (unpaired) electrons. The highest BCUT2D eigenvalue weighted by Gasteiger charge is 2.13. The molecule has 1 heterocycles. The molecule has 1 amide bonds. The van der Waals surface area contributed by atoms with Gasteiger partial charge in [0.25, 0.3) is 0 Å². The van der Waals surface area contributed by atoms with Gasteiger partial charge < -0.3 is 10.4 Å². The van der Waals surface area contributed by atoms with Gasteiger partial charge in [-0.15, -0.1) is 11.3 Å². The van der Waals surface area contributed by atoms with Crippen molar-refractivity contribution in [2.24, 2.45) is 5.92 Å². The molecule has 114 valence electrons. The number of hydrogen-bond donors (Lipinski definition) is 3. The van der Waals surface area contributed by atoms with Crippen molar-refractivity contribution in [3.05, 3.63) is 11.1 Å². The third kappa shape index (κ3) is 6.31. The Morgan fingerprint density at radius 3 is 2.70 bits per heavy atom. The lowest BCUT2D eigenvalue weighted by atomic mass is 10.1. The Labute approximate surface area is 122 Å². The van der Waals surface area contributed by atoms with Gasteiger partial charge in [0, 0.05) is 11.9 Å². The molecule has 0 aliphatic heterocycles. The number of nitrogens with one attached hydrogen (secondary N) is 2. The van der Waals surface area contributed by atoms with Crippen molar-refractivity contribution in [1.29, 1.82) is 0 Å². The van der Waals surface area contributed by atoms with Gasteiger partial charge in [-0.3, -0.25) is 9.52 Å². The van der Waals surface area contributed by atoms with E-state index in [0.29, 0.717) is 5.69 Å². The topological polar surface area (TPSA) is 108 Å². The van der Waals surface area contributed by atoms with E-state index < -0.39 is 16.1 Å². The summed E-state index contributed by atoms with van der Waals surface area (Å²) in [5, 5.41) is 14.0. The summed E-state index contributed by atoms with van der Waals surface area (Å²) >= 11 is 1.12. The zero-order valence-corrected chi connectivity index (χ0v) is 13.2. The van der Waals surface area contributed by atoms with E-state index >= 15 is 0 Å². The highest BCUT2D eigenvalue weighted by Crippen LogP contribution is 2.16. The molecule has 7 nitrogen and oxygen atoms in total. The molecule has 1 rings (SSSR count). The van der Waals surface area contributed by atoms with Crippen LogP contribution in [0, 0.1) is 5.92 Å². The summed E-state index contributed by atoms with van der Waals surface area (Å²) in [7, 11) is -3.36. The maximum Gasteiger partial charge on any atom is 0.231 e. The molecule has 20 heavy (non-hydrogen) atoms. The minimum Gasteiger partial charge on any atom is -0.391 e. The third-order valence-electron chi connectivity index (χ3n) is 2.44. The number of nitrogens with zero attached hydrogens (tertiary/aromatic N) is 1. The van der Waals surface area contributed by atoms with Crippen molar-refractivity contribution < 1.29 is 18.3 Å². The molecule has 0 saturated heterocycles. The van der Waals surface area contributed by atoms with Crippen LogP contribution in [0.3, 0.4) is 0 Å². The summed E-state index contributed by atoms with van der Waals surface area (Å²) < 4.78 is 24.3. The summed E-state index contributed by atoms with van der Waals surface area (Å²) in [5.41, 5.74) is 0.484. The summed E-state index contributed by atoms with van der Waals surface area (Å²) in [6.45, 7) is 3.91. The van der Waals surface area contributed by atoms with Gasteiger partial charge in [0.05, 0.1) is 24.5 Å². The molecule has 0 bridgehead atoms. The fourth-order valence-electron chi connectivity index (χ4n) is 1.27. The number of anilines is 1. The highest BCUT2D eigenvalue weighted by atomic mass is 32.2. The fraction of sp³-hybridized carbons (Fsp3) is 0.636. The van der Waals surface area contributed by atoms with Gasteiger partial charge >= 0.3 is 0 Å². The first-order chi connectivity index (χ1) is 9.17. The Morgan fingerprint density at radius 1 is 1.50 bits per heavy atom. The van der Waals surface area contributed by atoms with Crippen molar-refractivity contribution in [3.63, 3.8) is 0 Å². The van der Waals surface area contributed by atoms with E-state index in [2.05, 4.69) is 15.0 Å². The van der Waals surface area contributed by atoms with E-state index in [0.717, 1.165) is 17.6 Å². The fourth-order valence-corrected chi connectivity index (χ4v) is 2.84. The van der Waals surface area contributed by atoms with Crippen LogP contribution in [0.25, 0.3) is 0 Å². The largest absolute Gasteiger partial charge is 0.391 e. The summed E-state index contributed by atoms with van der Waals surface area (Å²) in [4.78, 5) is 15.6. The number of aromatic nitrogens is 1. The molecule has 1 unspecified atom stereocenters. The molecule has 1 aromatic heterocycles. The van der Waals surface area contributed by atoms with Crippen LogP contribution in [0.2, 0.25) is 0 Å². The molecule has 1 aromatic rings. The number of carbonyl (C=O) groups is 1. The molecule has 9 heteroatoms. The van der Waals surface area contributed by atoms with E-state index in [-0.39, 0.29) is 29.9 Å². The number of amides is 1. The van der Waals surface area contributed by atoms with Gasteiger partial charge in [-0.1, -0.05) is 13.8 Å². The predicted molar refractivity (Wildman–Crippen MR) is 78.1 cm³/mol. The Bertz CT molecular complexity index is 554. The Morgan fingerprint density at radius 2 is 2.15 bits per heavy atom. The summed E-state index contributed by atoms with van der Waals surface area (Å²) in [6, 6.07) is 0. The van der Waals surface area contributed by atoms with Crippen molar-refractivity contribution in [1.82, 2.24) is 10.3 Å². The standard InChI is InChI=1S/C11H19N3O4S2/c1-7(2)9(15)5-12-10(16)4-8-6-19-11(13-8)14-20(3,17)18/h6-7,9,15H,4-5H2,1-3H3,(H,12,16)(H,13,14). The van der Waals surface area contributed by atoms with Crippen LogP contribution in [-0.4, -0.2) is 43.3 Å². The molecular weight excluding hydrogens is 302 g/mol. The maximum absolute atomic E-state index is 11.6. The van der Waals surface area contributed by atoms with Crippen LogP contribution in [0.1, 0.15) is 19.5 Å². The predicted octanol–water partition coefficient (Wildman–Crippen LogP) is 0.190. The van der Waals surface area contributed by atoms with Crippen molar-refractivity contribution >= 4 is 32.4 Å². The normalized spacial score (nSPS) is 13.2. The maximum atomic E-state index is 11.6. The minimum atomic E-state index is -3.36. The second kappa shape index (κ2) is 7.00. The van der Waals surface area contributed by atoms with Gasteiger partial charge in [0.1, 0.15) is 0 Å².